The highest BCUT2D eigenvalue weighted by Crippen LogP contribution is 2.11. The van der Waals surface area contributed by atoms with Gasteiger partial charge in [0.1, 0.15) is 6.29 Å². The highest BCUT2D eigenvalue weighted by atomic mass is 16.5. The van der Waals surface area contributed by atoms with E-state index in [4.69, 9.17) is 19.9 Å². The van der Waals surface area contributed by atoms with Crippen LogP contribution in [0.15, 0.2) is 24.3 Å². The van der Waals surface area contributed by atoms with Gasteiger partial charge in [-0.25, -0.2) is 0 Å². The Kier molecular flexibility index (Phi) is 17.1. The predicted molar refractivity (Wildman–Crippen MR) is 142 cm³/mol. The lowest BCUT2D eigenvalue weighted by Gasteiger charge is -2.34. The summed E-state index contributed by atoms with van der Waals surface area (Å²) in [6.45, 7) is 10.6. The van der Waals surface area contributed by atoms with Crippen molar-refractivity contribution in [2.24, 2.45) is 5.73 Å². The first kappa shape index (κ1) is 30.4. The van der Waals surface area contributed by atoms with Gasteiger partial charge in [-0.2, -0.15) is 0 Å². The molecule has 0 radical (unpaired) electrons. The Morgan fingerprint density at radius 3 is 1.83 bits per heavy atom. The molecule has 1 aromatic carbocycles. The van der Waals surface area contributed by atoms with Gasteiger partial charge in [0.2, 0.25) is 5.91 Å². The van der Waals surface area contributed by atoms with Crippen molar-refractivity contribution < 1.29 is 23.8 Å². The Bertz CT molecular complexity index is 693. The zero-order valence-electron chi connectivity index (χ0n) is 22.0. The molecule has 204 valence electrons. The summed E-state index contributed by atoms with van der Waals surface area (Å²) < 4.78 is 16.7. The molecule has 1 amide bonds. The Morgan fingerprint density at radius 2 is 1.25 bits per heavy atom. The second kappa shape index (κ2) is 20.2. The van der Waals surface area contributed by atoms with Crippen LogP contribution in [0.4, 0.5) is 0 Å². The highest BCUT2D eigenvalue weighted by Gasteiger charge is 2.16. The number of unbranched alkanes of at least 4 members (excludes halogenated alkanes) is 5. The monoisotopic (exact) mass is 505 g/mol. The number of primary amides is 1. The molecule has 1 aliphatic rings. The van der Waals surface area contributed by atoms with Gasteiger partial charge < -0.3 is 24.8 Å². The maximum atomic E-state index is 10.8. The lowest BCUT2D eigenvalue weighted by atomic mass is 10.1. The summed E-state index contributed by atoms with van der Waals surface area (Å²) in [5.41, 5.74) is 7.12. The summed E-state index contributed by atoms with van der Waals surface area (Å²) in [7, 11) is 0. The normalized spacial score (nSPS) is 14.8. The van der Waals surface area contributed by atoms with E-state index in [1.54, 1.807) is 0 Å². The van der Waals surface area contributed by atoms with E-state index in [9.17, 15) is 9.59 Å². The second-order valence-corrected chi connectivity index (χ2v) is 9.51. The van der Waals surface area contributed by atoms with Gasteiger partial charge in [0, 0.05) is 57.9 Å². The average Bonchev–Trinajstić information content (AvgIpc) is 2.89. The summed E-state index contributed by atoms with van der Waals surface area (Å²) in [5, 5.41) is 0. The van der Waals surface area contributed by atoms with Crippen molar-refractivity contribution in [1.29, 1.82) is 0 Å². The zero-order valence-corrected chi connectivity index (χ0v) is 22.0. The number of nitrogens with two attached hydrogens (primary N) is 1. The fraction of sp³-hybridized carbons (Fsp3) is 0.714. The van der Waals surface area contributed by atoms with E-state index in [1.807, 2.05) is 12.1 Å². The Morgan fingerprint density at radius 1 is 0.722 bits per heavy atom. The zero-order chi connectivity index (χ0) is 25.7. The molecule has 8 heteroatoms. The second-order valence-electron chi connectivity index (χ2n) is 9.51. The first-order valence-electron chi connectivity index (χ1n) is 13.7. The molecule has 1 heterocycles. The molecule has 2 rings (SSSR count). The summed E-state index contributed by atoms with van der Waals surface area (Å²) in [4.78, 5) is 26.5. The SMILES string of the molecule is NC(=O)CCCCCOCCOCCOCCCCCCN1CCN(Cc2ccc(C=O)cc2)CC1. The average molecular weight is 506 g/mol. The molecule has 0 saturated carbocycles. The molecular weight excluding hydrogens is 458 g/mol. The van der Waals surface area contributed by atoms with Crippen LogP contribution in [0, 0.1) is 0 Å². The van der Waals surface area contributed by atoms with Crippen LogP contribution in [0.3, 0.4) is 0 Å². The molecule has 0 atom stereocenters. The lowest BCUT2D eigenvalue weighted by molar-refractivity contribution is -0.118. The van der Waals surface area contributed by atoms with Crippen LogP contribution >= 0.6 is 0 Å². The van der Waals surface area contributed by atoms with Crippen LogP contribution in [0.5, 0.6) is 0 Å². The standard InChI is InChI=1S/C28H47N3O5/c29-28(33)8-4-3-7-19-35-21-23-36-22-20-34-18-6-2-1-5-13-30-14-16-31(17-15-30)24-26-9-11-27(25-32)12-10-26/h9-12,25H,1-8,13-24H2,(H2,29,33). The largest absolute Gasteiger partial charge is 0.379 e. The Hall–Kier alpha value is -1.84. The maximum absolute atomic E-state index is 10.8. The number of carbonyl (C=O) groups is 2. The van der Waals surface area contributed by atoms with Crippen molar-refractivity contribution in [2.45, 2.75) is 57.9 Å². The van der Waals surface area contributed by atoms with E-state index in [1.165, 1.54) is 31.4 Å². The summed E-state index contributed by atoms with van der Waals surface area (Å²) in [6.07, 6.45) is 8.94. The quantitative estimate of drug-likeness (QED) is 0.191. The number of amides is 1. The fourth-order valence-corrected chi connectivity index (χ4v) is 4.25. The van der Waals surface area contributed by atoms with Crippen LogP contribution < -0.4 is 5.73 Å². The van der Waals surface area contributed by atoms with Gasteiger partial charge in [0.05, 0.1) is 26.4 Å². The van der Waals surface area contributed by atoms with E-state index in [-0.39, 0.29) is 5.91 Å². The number of rotatable bonds is 22. The van der Waals surface area contributed by atoms with Crippen molar-refractivity contribution in [3.05, 3.63) is 35.4 Å². The molecule has 8 nitrogen and oxygen atoms in total. The number of nitrogens with zero attached hydrogens (tertiary/aromatic N) is 2. The van der Waals surface area contributed by atoms with Gasteiger partial charge in [0.25, 0.3) is 0 Å². The Balaban J connectivity index is 1.29. The first-order chi connectivity index (χ1) is 17.7. The number of carbonyl (C=O) groups excluding carboxylic acids is 2. The number of piperazine rings is 1. The third-order valence-electron chi connectivity index (χ3n) is 6.46. The first-order valence-corrected chi connectivity index (χ1v) is 13.7. The van der Waals surface area contributed by atoms with Gasteiger partial charge in [-0.1, -0.05) is 43.5 Å². The van der Waals surface area contributed by atoms with E-state index in [0.29, 0.717) is 39.5 Å². The minimum absolute atomic E-state index is 0.232. The van der Waals surface area contributed by atoms with Crippen molar-refractivity contribution in [1.82, 2.24) is 9.80 Å². The van der Waals surface area contributed by atoms with Crippen LogP contribution in [-0.4, -0.2) is 94.4 Å². The highest BCUT2D eigenvalue weighted by molar-refractivity contribution is 5.74. The summed E-state index contributed by atoms with van der Waals surface area (Å²) in [6, 6.07) is 7.92. The minimum atomic E-state index is -0.232. The molecule has 1 saturated heterocycles. The van der Waals surface area contributed by atoms with Crippen molar-refractivity contribution >= 4 is 12.2 Å². The molecule has 0 spiro atoms. The Labute approximate surface area is 217 Å². The lowest BCUT2D eigenvalue weighted by Crippen LogP contribution is -2.46. The molecule has 1 aliphatic heterocycles. The third-order valence-corrected chi connectivity index (χ3v) is 6.46. The minimum Gasteiger partial charge on any atom is -0.379 e. The van der Waals surface area contributed by atoms with Gasteiger partial charge in [-0.05, 0) is 37.8 Å². The van der Waals surface area contributed by atoms with Crippen LogP contribution in [-0.2, 0) is 25.5 Å². The van der Waals surface area contributed by atoms with Gasteiger partial charge >= 0.3 is 0 Å². The van der Waals surface area contributed by atoms with Gasteiger partial charge in [-0.3, -0.25) is 14.5 Å². The number of benzene rings is 1. The van der Waals surface area contributed by atoms with E-state index in [0.717, 1.165) is 76.9 Å². The number of aldehydes is 1. The molecule has 0 aliphatic carbocycles. The predicted octanol–water partition coefficient (Wildman–Crippen LogP) is 3.27. The fourth-order valence-electron chi connectivity index (χ4n) is 4.25. The topological polar surface area (TPSA) is 94.3 Å². The van der Waals surface area contributed by atoms with Crippen molar-refractivity contribution in [2.75, 3.05) is 72.4 Å². The molecule has 36 heavy (non-hydrogen) atoms. The molecule has 1 fully saturated rings. The molecular formula is C28H47N3O5. The molecule has 1 aromatic rings. The van der Waals surface area contributed by atoms with Crippen LogP contribution in [0.1, 0.15) is 67.3 Å². The molecule has 0 unspecified atom stereocenters. The molecule has 0 bridgehead atoms. The molecule has 2 N–H and O–H groups in total. The van der Waals surface area contributed by atoms with E-state index in [2.05, 4.69) is 21.9 Å². The number of hydrogen-bond donors (Lipinski definition) is 1. The van der Waals surface area contributed by atoms with Gasteiger partial charge in [-0.15, -0.1) is 0 Å². The smallest absolute Gasteiger partial charge is 0.217 e. The van der Waals surface area contributed by atoms with Gasteiger partial charge in [0.15, 0.2) is 0 Å². The number of hydrogen-bond acceptors (Lipinski definition) is 7. The summed E-state index contributed by atoms with van der Waals surface area (Å²) >= 11 is 0. The molecule has 0 aromatic heterocycles. The number of ether oxygens (including phenoxy) is 3. The van der Waals surface area contributed by atoms with Crippen molar-refractivity contribution in [3.8, 4) is 0 Å². The van der Waals surface area contributed by atoms with Crippen LogP contribution in [0.2, 0.25) is 0 Å². The van der Waals surface area contributed by atoms with E-state index >= 15 is 0 Å². The van der Waals surface area contributed by atoms with E-state index < -0.39 is 0 Å². The van der Waals surface area contributed by atoms with Crippen LogP contribution in [0.25, 0.3) is 0 Å². The summed E-state index contributed by atoms with van der Waals surface area (Å²) in [5.74, 6) is -0.232. The maximum Gasteiger partial charge on any atom is 0.217 e. The van der Waals surface area contributed by atoms with Crippen molar-refractivity contribution in [3.63, 3.8) is 0 Å². The third kappa shape index (κ3) is 15.3.